The summed E-state index contributed by atoms with van der Waals surface area (Å²) in [6.07, 6.45) is 7.03. The second-order valence-electron chi connectivity index (χ2n) is 10.0. The number of nitrogens with two attached hydrogens (primary N) is 1. The van der Waals surface area contributed by atoms with Crippen molar-refractivity contribution in [3.63, 3.8) is 0 Å². The Balaban J connectivity index is 1.52. The van der Waals surface area contributed by atoms with Crippen molar-refractivity contribution in [3.05, 3.63) is 82.9 Å². The van der Waals surface area contributed by atoms with Gasteiger partial charge in [0.25, 0.3) is 5.56 Å². The van der Waals surface area contributed by atoms with Gasteiger partial charge in [-0.15, -0.1) is 0 Å². The topological polar surface area (TPSA) is 90.3 Å². The van der Waals surface area contributed by atoms with Crippen LogP contribution in [-0.4, -0.2) is 30.0 Å². The number of anilines is 2. The van der Waals surface area contributed by atoms with Crippen molar-refractivity contribution in [1.29, 1.82) is 0 Å². The zero-order valence-corrected chi connectivity index (χ0v) is 20.5. The van der Waals surface area contributed by atoms with E-state index in [0.717, 1.165) is 33.9 Å². The monoisotopic (exact) mass is 488 g/mol. The molecule has 8 heteroatoms. The number of hydrogen-bond acceptors (Lipinski definition) is 5. The van der Waals surface area contributed by atoms with Crippen molar-refractivity contribution in [3.8, 4) is 11.1 Å². The maximum Gasteiger partial charge on any atom is 0.275 e. The molecule has 2 aliphatic rings. The number of aryl methyl sites for hydroxylation is 1. The molecule has 0 amide bonds. The predicted molar refractivity (Wildman–Crippen MR) is 140 cm³/mol. The van der Waals surface area contributed by atoms with E-state index in [1.807, 2.05) is 24.3 Å². The van der Waals surface area contributed by atoms with Crippen LogP contribution in [0.25, 0.3) is 22.0 Å². The first-order chi connectivity index (χ1) is 16.8. The van der Waals surface area contributed by atoms with E-state index < -0.39 is 10.0 Å². The van der Waals surface area contributed by atoms with E-state index in [4.69, 9.17) is 5.73 Å². The smallest absolute Gasteiger partial charge is 0.275 e. The summed E-state index contributed by atoms with van der Waals surface area (Å²) in [5.41, 5.74) is 10.6. The quantitative estimate of drug-likeness (QED) is 0.430. The van der Waals surface area contributed by atoms with Crippen molar-refractivity contribution in [2.24, 2.45) is 12.5 Å². The van der Waals surface area contributed by atoms with Gasteiger partial charge in [0.15, 0.2) is 0 Å². The van der Waals surface area contributed by atoms with E-state index in [9.17, 15) is 13.2 Å². The zero-order valence-electron chi connectivity index (χ0n) is 19.6. The van der Waals surface area contributed by atoms with Gasteiger partial charge >= 0.3 is 0 Å². The summed E-state index contributed by atoms with van der Waals surface area (Å²) < 4.78 is 29.4. The SMILES string of the molecule is Cn1cc(-c2cc(N)ccc2N2CCC3(CC3)C2)c2ccn(S(=O)(=O)Cc3ccccc3)c2c1=O. The first-order valence-corrected chi connectivity index (χ1v) is 13.5. The van der Waals surface area contributed by atoms with Gasteiger partial charge in [-0.3, -0.25) is 4.79 Å². The molecule has 2 aromatic heterocycles. The van der Waals surface area contributed by atoms with Gasteiger partial charge in [0.1, 0.15) is 5.52 Å². The van der Waals surface area contributed by atoms with E-state index in [1.54, 1.807) is 43.6 Å². The molecule has 180 valence electrons. The van der Waals surface area contributed by atoms with Gasteiger partial charge in [0, 0.05) is 60.4 Å². The third-order valence-corrected chi connectivity index (χ3v) is 9.13. The van der Waals surface area contributed by atoms with Crippen molar-refractivity contribution in [2.45, 2.75) is 25.0 Å². The number of nitrogen functional groups attached to an aromatic ring is 1. The third kappa shape index (κ3) is 3.72. The van der Waals surface area contributed by atoms with Crippen LogP contribution in [0, 0.1) is 5.41 Å². The van der Waals surface area contributed by atoms with Crippen LogP contribution >= 0.6 is 0 Å². The molecule has 2 aromatic carbocycles. The van der Waals surface area contributed by atoms with Crippen LogP contribution in [0.15, 0.2) is 71.8 Å². The molecule has 0 atom stereocenters. The minimum absolute atomic E-state index is 0.161. The Morgan fingerprint density at radius 2 is 1.77 bits per heavy atom. The molecule has 2 N–H and O–H groups in total. The summed E-state index contributed by atoms with van der Waals surface area (Å²) >= 11 is 0. The van der Waals surface area contributed by atoms with E-state index >= 15 is 0 Å². The van der Waals surface area contributed by atoms with E-state index in [2.05, 4.69) is 4.90 Å². The average molecular weight is 489 g/mol. The molecule has 6 rings (SSSR count). The molecule has 4 aromatic rings. The van der Waals surface area contributed by atoms with E-state index in [1.165, 1.54) is 30.0 Å². The number of nitrogens with zero attached hydrogens (tertiary/aromatic N) is 3. The number of pyridine rings is 1. The Bertz CT molecular complexity index is 1620. The number of rotatable bonds is 5. The lowest BCUT2D eigenvalue weighted by Crippen LogP contribution is -2.24. The first-order valence-electron chi connectivity index (χ1n) is 11.9. The first kappa shape index (κ1) is 22.0. The second kappa shape index (κ2) is 7.75. The lowest BCUT2D eigenvalue weighted by atomic mass is 10.0. The number of hydrogen-bond donors (Lipinski definition) is 1. The Morgan fingerprint density at radius 1 is 1.00 bits per heavy atom. The molecule has 0 bridgehead atoms. The Labute approximate surface area is 204 Å². The van der Waals surface area contributed by atoms with E-state index in [-0.39, 0.29) is 16.8 Å². The molecule has 1 saturated carbocycles. The Morgan fingerprint density at radius 3 is 2.49 bits per heavy atom. The highest BCUT2D eigenvalue weighted by molar-refractivity contribution is 7.89. The summed E-state index contributed by atoms with van der Waals surface area (Å²) in [7, 11) is -2.15. The van der Waals surface area contributed by atoms with Crippen molar-refractivity contribution in [2.75, 3.05) is 23.7 Å². The number of fused-ring (bicyclic) bond motifs is 1. The van der Waals surface area contributed by atoms with Gasteiger partial charge < -0.3 is 15.2 Å². The average Bonchev–Trinajstić information content (AvgIpc) is 3.24. The lowest BCUT2D eigenvalue weighted by Gasteiger charge is -2.23. The molecule has 0 radical (unpaired) electrons. The molecular formula is C27H28N4O3S. The molecule has 1 aliphatic heterocycles. The van der Waals surface area contributed by atoms with Gasteiger partial charge in [-0.2, -0.15) is 0 Å². The van der Waals surface area contributed by atoms with Crippen molar-refractivity contribution in [1.82, 2.24) is 8.54 Å². The van der Waals surface area contributed by atoms with Crippen molar-refractivity contribution >= 4 is 32.3 Å². The standard InChI is InChI=1S/C27H28N4O3S/c1-29-16-23(22-15-20(28)7-8-24(22)30-14-12-27(18-30)10-11-27)21-9-13-31(25(21)26(29)32)35(33,34)17-19-5-3-2-4-6-19/h2-9,13,15-16H,10-12,14,17-18,28H2,1H3. The van der Waals surface area contributed by atoms with E-state index in [0.29, 0.717) is 22.1 Å². The molecule has 3 heterocycles. The molecule has 2 fully saturated rings. The Kier molecular flexibility index (Phi) is 4.86. The molecule has 35 heavy (non-hydrogen) atoms. The summed E-state index contributed by atoms with van der Waals surface area (Å²) in [5.74, 6) is -0.190. The maximum absolute atomic E-state index is 13.4. The van der Waals surface area contributed by atoms with Crippen LogP contribution in [0.4, 0.5) is 11.4 Å². The lowest BCUT2D eigenvalue weighted by molar-refractivity contribution is 0.581. The minimum Gasteiger partial charge on any atom is -0.399 e. The molecule has 0 unspecified atom stereocenters. The highest BCUT2D eigenvalue weighted by Gasteiger charge is 2.48. The molecule has 1 spiro atoms. The number of aromatic nitrogens is 2. The molecule has 1 aliphatic carbocycles. The van der Waals surface area contributed by atoms with Gasteiger partial charge in [-0.25, -0.2) is 12.4 Å². The van der Waals surface area contributed by atoms with Gasteiger partial charge in [0.2, 0.25) is 10.0 Å². The highest BCUT2D eigenvalue weighted by Crippen LogP contribution is 2.54. The summed E-state index contributed by atoms with van der Waals surface area (Å²) in [5, 5.41) is 0.608. The normalized spacial score (nSPS) is 16.9. The fourth-order valence-corrected chi connectivity index (χ4v) is 6.86. The number of benzene rings is 2. The highest BCUT2D eigenvalue weighted by atomic mass is 32.2. The van der Waals surface area contributed by atoms with Crippen LogP contribution in [0.2, 0.25) is 0 Å². The molecular weight excluding hydrogens is 460 g/mol. The van der Waals surface area contributed by atoms with Crippen LogP contribution < -0.4 is 16.2 Å². The van der Waals surface area contributed by atoms with Crippen molar-refractivity contribution < 1.29 is 8.42 Å². The third-order valence-electron chi connectivity index (χ3n) is 7.53. The van der Waals surface area contributed by atoms with Gasteiger partial charge in [-0.05, 0) is 54.5 Å². The largest absolute Gasteiger partial charge is 0.399 e. The predicted octanol–water partition coefficient (Wildman–Crippen LogP) is 3.96. The minimum atomic E-state index is -3.81. The van der Waals surface area contributed by atoms with Crippen LogP contribution in [0.1, 0.15) is 24.8 Å². The van der Waals surface area contributed by atoms with Crippen LogP contribution in [-0.2, 0) is 22.8 Å². The van der Waals surface area contributed by atoms with Crippen LogP contribution in [0.5, 0.6) is 0 Å². The summed E-state index contributed by atoms with van der Waals surface area (Å²) in [6.45, 7) is 2.00. The maximum atomic E-state index is 13.4. The fourth-order valence-electron chi connectivity index (χ4n) is 5.40. The Hall–Kier alpha value is -3.52. The second-order valence-corrected chi connectivity index (χ2v) is 11.9. The van der Waals surface area contributed by atoms with Crippen LogP contribution in [0.3, 0.4) is 0 Å². The zero-order chi connectivity index (χ0) is 24.4. The molecule has 7 nitrogen and oxygen atoms in total. The summed E-state index contributed by atoms with van der Waals surface area (Å²) in [6, 6.07) is 16.6. The van der Waals surface area contributed by atoms with Gasteiger partial charge in [0.05, 0.1) is 5.75 Å². The van der Waals surface area contributed by atoms with Gasteiger partial charge in [-0.1, -0.05) is 30.3 Å². The summed E-state index contributed by atoms with van der Waals surface area (Å²) in [4.78, 5) is 15.6. The fraction of sp³-hybridized carbons (Fsp3) is 0.296. The molecule has 1 saturated heterocycles.